The molecule has 1 aliphatic heterocycles. The predicted octanol–water partition coefficient (Wildman–Crippen LogP) is 3.82. The maximum atomic E-state index is 13.2. The number of H-pyrrole nitrogens is 1. The summed E-state index contributed by atoms with van der Waals surface area (Å²) in [5.41, 5.74) is 0.886. The van der Waals surface area contributed by atoms with Crippen LogP contribution in [0.25, 0.3) is 0 Å². The van der Waals surface area contributed by atoms with Crippen LogP contribution in [-0.4, -0.2) is 39.3 Å². The lowest BCUT2D eigenvalue weighted by Gasteiger charge is -2.26. The number of amides is 1. The van der Waals surface area contributed by atoms with Gasteiger partial charge in [-0.15, -0.1) is 11.3 Å². The fourth-order valence-electron chi connectivity index (χ4n) is 3.89. The average Bonchev–Trinajstić information content (AvgIpc) is 3.52. The van der Waals surface area contributed by atoms with Crippen molar-refractivity contribution in [1.29, 1.82) is 0 Å². The number of carbonyl (C=O) groups excluding carboxylic acids is 2. The third kappa shape index (κ3) is 4.45. The maximum Gasteiger partial charge on any atom is 0.290 e. The summed E-state index contributed by atoms with van der Waals surface area (Å²) in [7, 11) is 0. The first-order valence-electron chi connectivity index (χ1n) is 10.6. The van der Waals surface area contributed by atoms with Crippen LogP contribution in [0.4, 0.5) is 0 Å². The molecule has 166 valence electrons. The van der Waals surface area contributed by atoms with E-state index in [1.54, 1.807) is 22.4 Å². The van der Waals surface area contributed by atoms with E-state index in [2.05, 4.69) is 4.98 Å². The van der Waals surface area contributed by atoms with Crippen LogP contribution in [0.3, 0.4) is 0 Å². The van der Waals surface area contributed by atoms with Crippen molar-refractivity contribution in [3.8, 4) is 5.75 Å². The van der Waals surface area contributed by atoms with Crippen LogP contribution in [0.5, 0.6) is 5.75 Å². The zero-order valence-electron chi connectivity index (χ0n) is 18.0. The number of nitrogens with zero attached hydrogens (tertiary/aromatic N) is 2. The van der Waals surface area contributed by atoms with Crippen molar-refractivity contribution in [2.45, 2.75) is 39.0 Å². The summed E-state index contributed by atoms with van der Waals surface area (Å²) < 4.78 is 7.71. The number of nitrogens with one attached hydrogen (secondary N) is 1. The van der Waals surface area contributed by atoms with E-state index in [0.29, 0.717) is 30.1 Å². The number of ketones is 1. The highest BCUT2D eigenvalue weighted by molar-refractivity contribution is 7.12. The third-order valence-electron chi connectivity index (χ3n) is 5.28. The number of hydrogen-bond donors (Lipinski definition) is 2. The Hall–Kier alpha value is -3.39. The summed E-state index contributed by atoms with van der Waals surface area (Å²) in [5.74, 6) is -0.592. The zero-order valence-corrected chi connectivity index (χ0v) is 18.8. The topological polar surface area (TPSA) is 86.5 Å². The van der Waals surface area contributed by atoms with Gasteiger partial charge in [0.1, 0.15) is 18.1 Å². The van der Waals surface area contributed by atoms with Crippen LogP contribution in [0, 0.1) is 0 Å². The van der Waals surface area contributed by atoms with E-state index >= 15 is 0 Å². The first kappa shape index (κ1) is 21.8. The molecule has 0 fully saturated rings. The Bertz CT molecular complexity index is 1100. The van der Waals surface area contributed by atoms with Gasteiger partial charge in [0.05, 0.1) is 29.1 Å². The molecule has 0 radical (unpaired) electrons. The normalized spacial score (nSPS) is 16.3. The van der Waals surface area contributed by atoms with E-state index in [1.807, 2.05) is 61.4 Å². The second kappa shape index (κ2) is 9.40. The van der Waals surface area contributed by atoms with Gasteiger partial charge in [-0.25, -0.2) is 4.57 Å². The van der Waals surface area contributed by atoms with E-state index < -0.39 is 17.7 Å². The van der Waals surface area contributed by atoms with E-state index in [4.69, 9.17) is 4.74 Å². The molecule has 2 aromatic heterocycles. The summed E-state index contributed by atoms with van der Waals surface area (Å²) in [6.45, 7) is 5.01. The lowest BCUT2D eigenvalue weighted by atomic mass is 9.95. The quantitative estimate of drug-likeness (QED) is 0.382. The first-order chi connectivity index (χ1) is 15.5. The maximum absolute atomic E-state index is 13.2. The Balaban J connectivity index is 1.64. The van der Waals surface area contributed by atoms with Gasteiger partial charge in [0.2, 0.25) is 12.1 Å². The number of imidazole rings is 1. The van der Waals surface area contributed by atoms with Gasteiger partial charge in [0, 0.05) is 13.0 Å². The van der Waals surface area contributed by atoms with Gasteiger partial charge >= 0.3 is 0 Å². The van der Waals surface area contributed by atoms with Crippen molar-refractivity contribution >= 4 is 23.0 Å². The SMILES string of the molecule is CC(C)Oc1ccc(C2C(C(=O)c3cccs3)=C(O)C(=O)N2CCC[n+]2cc[nH]c2)cc1. The van der Waals surface area contributed by atoms with Crippen molar-refractivity contribution in [3.63, 3.8) is 0 Å². The van der Waals surface area contributed by atoms with Gasteiger partial charge in [-0.05, 0) is 43.0 Å². The van der Waals surface area contributed by atoms with Crippen molar-refractivity contribution in [2.75, 3.05) is 6.54 Å². The van der Waals surface area contributed by atoms with Crippen LogP contribution in [-0.2, 0) is 11.3 Å². The number of aryl methyl sites for hydroxylation is 1. The Morgan fingerprint density at radius 3 is 2.69 bits per heavy atom. The highest BCUT2D eigenvalue weighted by Crippen LogP contribution is 2.40. The fraction of sp³-hybridized carbons (Fsp3) is 0.292. The number of thiophene rings is 1. The van der Waals surface area contributed by atoms with Gasteiger partial charge in [-0.2, -0.15) is 0 Å². The molecular formula is C24H26N3O4S+. The van der Waals surface area contributed by atoms with Gasteiger partial charge < -0.3 is 14.7 Å². The average molecular weight is 453 g/mol. The van der Waals surface area contributed by atoms with Crippen molar-refractivity contribution in [2.24, 2.45) is 0 Å². The zero-order chi connectivity index (χ0) is 22.7. The van der Waals surface area contributed by atoms with Crippen molar-refractivity contribution < 1.29 is 24.0 Å². The molecule has 2 N–H and O–H groups in total. The number of aromatic nitrogens is 2. The molecule has 1 amide bonds. The summed E-state index contributed by atoms with van der Waals surface area (Å²) >= 11 is 1.29. The minimum atomic E-state index is -0.651. The molecule has 8 heteroatoms. The molecule has 32 heavy (non-hydrogen) atoms. The van der Waals surface area contributed by atoms with E-state index in [0.717, 1.165) is 5.56 Å². The molecule has 0 aliphatic carbocycles. The molecule has 0 saturated heterocycles. The van der Waals surface area contributed by atoms with Gasteiger partial charge in [-0.1, -0.05) is 18.2 Å². The summed E-state index contributed by atoms with van der Waals surface area (Å²) in [4.78, 5) is 31.3. The van der Waals surface area contributed by atoms with E-state index in [9.17, 15) is 14.7 Å². The molecule has 0 saturated carbocycles. The number of aromatic amines is 1. The molecule has 3 aromatic rings. The Morgan fingerprint density at radius 1 is 1.28 bits per heavy atom. The summed E-state index contributed by atoms with van der Waals surface area (Å²) in [5, 5.41) is 12.5. The minimum Gasteiger partial charge on any atom is -0.503 e. The molecule has 4 rings (SSSR count). The molecule has 7 nitrogen and oxygen atoms in total. The first-order valence-corrected chi connectivity index (χ1v) is 11.4. The molecule has 1 aromatic carbocycles. The lowest BCUT2D eigenvalue weighted by Crippen LogP contribution is -2.36. The standard InChI is InChI=1S/C24H25N3O4S/c1-16(2)31-18-8-6-17(7-9-18)21-20(22(28)19-5-3-14-32-19)23(29)24(30)27(21)12-4-11-26-13-10-25-15-26/h3,5-10,13-16,21H,4,11-12H2,1-2H3,(H,28,29)/p+1. The Morgan fingerprint density at radius 2 is 2.06 bits per heavy atom. The second-order valence-electron chi connectivity index (χ2n) is 7.91. The van der Waals surface area contributed by atoms with Crippen LogP contribution in [0.15, 0.2) is 71.8 Å². The van der Waals surface area contributed by atoms with Crippen LogP contribution < -0.4 is 9.30 Å². The summed E-state index contributed by atoms with van der Waals surface area (Å²) in [6, 6.07) is 10.2. The van der Waals surface area contributed by atoms with Gasteiger partial charge in [0.15, 0.2) is 5.76 Å². The summed E-state index contributed by atoms with van der Waals surface area (Å²) in [6.07, 6.45) is 6.30. The van der Waals surface area contributed by atoms with Gasteiger partial charge in [-0.3, -0.25) is 14.6 Å². The number of rotatable bonds is 9. The number of carbonyl (C=O) groups is 2. The van der Waals surface area contributed by atoms with Crippen molar-refractivity contribution in [1.82, 2.24) is 9.88 Å². The second-order valence-corrected chi connectivity index (χ2v) is 8.86. The number of hydrogen-bond acceptors (Lipinski definition) is 5. The number of aliphatic hydroxyl groups is 1. The van der Waals surface area contributed by atoms with E-state index in [-0.39, 0.29) is 17.5 Å². The highest BCUT2D eigenvalue weighted by Gasteiger charge is 2.43. The third-order valence-corrected chi connectivity index (χ3v) is 6.15. The highest BCUT2D eigenvalue weighted by atomic mass is 32.1. The van der Waals surface area contributed by atoms with Crippen LogP contribution >= 0.6 is 11.3 Å². The number of ether oxygens (including phenoxy) is 1. The van der Waals surface area contributed by atoms with Crippen molar-refractivity contribution in [3.05, 3.63) is 82.3 Å². The lowest BCUT2D eigenvalue weighted by molar-refractivity contribution is -0.695. The minimum absolute atomic E-state index is 0.0382. The van der Waals surface area contributed by atoms with E-state index in [1.165, 1.54) is 11.3 Å². The molecular weight excluding hydrogens is 426 g/mol. The number of benzene rings is 1. The Labute approximate surface area is 190 Å². The monoisotopic (exact) mass is 452 g/mol. The van der Waals surface area contributed by atoms with Crippen LogP contribution in [0.1, 0.15) is 41.5 Å². The molecule has 1 atom stereocenters. The van der Waals surface area contributed by atoms with Gasteiger partial charge in [0.25, 0.3) is 5.91 Å². The molecule has 0 bridgehead atoms. The predicted molar refractivity (Wildman–Crippen MR) is 121 cm³/mol. The Kier molecular flexibility index (Phi) is 6.41. The number of aliphatic hydroxyl groups excluding tert-OH is 1. The number of Topliss-reactive ketones (excluding diaryl/α,β-unsaturated/α-hetero) is 1. The smallest absolute Gasteiger partial charge is 0.290 e. The largest absolute Gasteiger partial charge is 0.503 e. The molecule has 1 unspecified atom stereocenters. The fourth-order valence-corrected chi connectivity index (χ4v) is 4.57. The molecule has 0 spiro atoms. The molecule has 1 aliphatic rings. The molecule has 3 heterocycles. The van der Waals surface area contributed by atoms with Crippen LogP contribution in [0.2, 0.25) is 0 Å².